The Morgan fingerprint density at radius 2 is 1.59 bits per heavy atom. The van der Waals surface area contributed by atoms with Crippen molar-refractivity contribution >= 4 is 16.5 Å². The Balaban J connectivity index is 1.66. The van der Waals surface area contributed by atoms with Crippen LogP contribution in [0, 0.1) is 10.1 Å². The van der Waals surface area contributed by atoms with E-state index in [4.69, 9.17) is 4.74 Å². The second-order valence-electron chi connectivity index (χ2n) is 7.06. The molecule has 4 aromatic rings. The first-order valence-electron chi connectivity index (χ1n) is 9.44. The maximum absolute atomic E-state index is 11.2. The van der Waals surface area contributed by atoms with Crippen LogP contribution in [0.5, 0.6) is 5.75 Å². The molecule has 5 heteroatoms. The Kier molecular flexibility index (Phi) is 4.22. The monoisotopic (exact) mass is 382 g/mol. The van der Waals surface area contributed by atoms with E-state index in [-0.39, 0.29) is 16.7 Å². The Labute approximate surface area is 167 Å². The number of nitrogens with zero attached hydrogens (tertiary/aromatic N) is 1. The summed E-state index contributed by atoms with van der Waals surface area (Å²) in [6.07, 6.45) is -0.492. The third-order valence-electron chi connectivity index (χ3n) is 5.30. The second kappa shape index (κ2) is 7.04. The van der Waals surface area contributed by atoms with Gasteiger partial charge in [-0.2, -0.15) is 0 Å². The van der Waals surface area contributed by atoms with Crippen LogP contribution in [0.2, 0.25) is 0 Å². The minimum atomic E-state index is -0.492. The van der Waals surface area contributed by atoms with Gasteiger partial charge in [0.25, 0.3) is 5.69 Å². The molecule has 1 aliphatic heterocycles. The lowest BCUT2D eigenvalue weighted by molar-refractivity contribution is -0.385. The molecule has 0 aliphatic carbocycles. The summed E-state index contributed by atoms with van der Waals surface area (Å²) in [5.74, 6) is 0.785. The first-order valence-corrected chi connectivity index (χ1v) is 9.44. The topological polar surface area (TPSA) is 64.4 Å². The Hall–Kier alpha value is -3.70. The zero-order chi connectivity index (χ0) is 19.8. The second-order valence-corrected chi connectivity index (χ2v) is 7.06. The molecule has 0 amide bonds. The highest BCUT2D eigenvalue weighted by molar-refractivity contribution is 5.89. The minimum Gasteiger partial charge on any atom is -0.471 e. The number of non-ortho nitro benzene ring substituents is 1. The summed E-state index contributed by atoms with van der Waals surface area (Å²) < 4.78 is 6.28. The predicted molar refractivity (Wildman–Crippen MR) is 112 cm³/mol. The van der Waals surface area contributed by atoms with Crippen molar-refractivity contribution in [3.05, 3.63) is 118 Å². The smallest absolute Gasteiger partial charge is 0.269 e. The molecule has 0 fully saturated rings. The largest absolute Gasteiger partial charge is 0.471 e. The molecule has 5 rings (SSSR count). The van der Waals surface area contributed by atoms with Gasteiger partial charge in [0.15, 0.2) is 6.23 Å². The molecule has 0 radical (unpaired) electrons. The summed E-state index contributed by atoms with van der Waals surface area (Å²) in [6.45, 7) is 0. The van der Waals surface area contributed by atoms with Crippen molar-refractivity contribution in [3.63, 3.8) is 0 Å². The maximum atomic E-state index is 11.2. The average Bonchev–Trinajstić information content (AvgIpc) is 2.78. The van der Waals surface area contributed by atoms with Gasteiger partial charge < -0.3 is 4.74 Å². The Bertz CT molecular complexity index is 1210. The maximum Gasteiger partial charge on any atom is 0.269 e. The molecule has 0 unspecified atom stereocenters. The number of hydrogen-bond donors (Lipinski definition) is 1. The van der Waals surface area contributed by atoms with Gasteiger partial charge in [-0.15, -0.1) is 0 Å². The third-order valence-corrected chi connectivity index (χ3v) is 5.30. The highest BCUT2D eigenvalue weighted by Crippen LogP contribution is 2.42. The van der Waals surface area contributed by atoms with Gasteiger partial charge in [0.2, 0.25) is 0 Å². The molecule has 0 saturated carbocycles. The van der Waals surface area contributed by atoms with E-state index in [1.807, 2.05) is 48.5 Å². The number of rotatable bonds is 3. The molecule has 4 aromatic carbocycles. The number of nitro groups is 1. The number of hydrogen-bond acceptors (Lipinski definition) is 4. The average molecular weight is 382 g/mol. The van der Waals surface area contributed by atoms with Gasteiger partial charge in [-0.1, -0.05) is 72.8 Å². The summed E-state index contributed by atoms with van der Waals surface area (Å²) in [6, 6.07) is 28.9. The molecular formula is C24H18N2O3. The molecule has 2 atom stereocenters. The van der Waals surface area contributed by atoms with Crippen molar-refractivity contribution in [2.75, 3.05) is 0 Å². The first-order chi connectivity index (χ1) is 14.2. The van der Waals surface area contributed by atoms with Crippen LogP contribution in [0.4, 0.5) is 5.69 Å². The number of nitrogens with one attached hydrogen (secondary N) is 1. The molecule has 1 aliphatic rings. The molecular weight excluding hydrogens is 364 g/mol. The summed E-state index contributed by atoms with van der Waals surface area (Å²) >= 11 is 0. The van der Waals surface area contributed by atoms with Crippen LogP contribution in [0.15, 0.2) is 91.0 Å². The van der Waals surface area contributed by atoms with Crippen molar-refractivity contribution in [1.29, 1.82) is 0 Å². The summed E-state index contributed by atoms with van der Waals surface area (Å²) in [5.41, 5.74) is 2.97. The summed E-state index contributed by atoms with van der Waals surface area (Å²) in [7, 11) is 0. The molecule has 0 spiro atoms. The summed E-state index contributed by atoms with van der Waals surface area (Å²) in [4.78, 5) is 10.8. The zero-order valence-corrected chi connectivity index (χ0v) is 15.5. The molecule has 1 N–H and O–H groups in total. The SMILES string of the molecule is O=[N+]([O-])c1cccc([C@@H]2N[C@H](c3ccccc3)c3c(ccc4ccccc34)O2)c1. The predicted octanol–water partition coefficient (Wildman–Crippen LogP) is 5.52. The molecule has 0 saturated heterocycles. The molecule has 0 aromatic heterocycles. The van der Waals surface area contributed by atoms with Crippen molar-refractivity contribution in [2.24, 2.45) is 0 Å². The van der Waals surface area contributed by atoms with Gasteiger partial charge in [-0.25, -0.2) is 0 Å². The van der Waals surface area contributed by atoms with Gasteiger partial charge in [0, 0.05) is 23.3 Å². The number of benzene rings is 4. The van der Waals surface area contributed by atoms with Crippen LogP contribution in [0.25, 0.3) is 10.8 Å². The van der Waals surface area contributed by atoms with Crippen LogP contribution < -0.4 is 10.1 Å². The van der Waals surface area contributed by atoms with E-state index in [0.717, 1.165) is 33.2 Å². The van der Waals surface area contributed by atoms with Gasteiger partial charge >= 0.3 is 0 Å². The lowest BCUT2D eigenvalue weighted by atomic mass is 9.91. The van der Waals surface area contributed by atoms with Crippen molar-refractivity contribution < 1.29 is 9.66 Å². The minimum absolute atomic E-state index is 0.0495. The standard InChI is InChI=1S/C24H18N2O3/c27-26(28)19-11-6-10-18(15-19)24-25-23(17-8-2-1-3-9-17)22-20-12-5-4-7-16(20)13-14-21(22)29-24/h1-15,23-25H/t23-,24-/m1/s1. The zero-order valence-electron chi connectivity index (χ0n) is 15.5. The molecule has 0 bridgehead atoms. The van der Waals surface area contributed by atoms with E-state index >= 15 is 0 Å². The Morgan fingerprint density at radius 3 is 2.41 bits per heavy atom. The van der Waals surface area contributed by atoms with Gasteiger partial charge in [0.1, 0.15) is 5.75 Å². The van der Waals surface area contributed by atoms with Gasteiger partial charge in [0.05, 0.1) is 11.0 Å². The number of ether oxygens (including phenoxy) is 1. The van der Waals surface area contributed by atoms with Crippen LogP contribution >= 0.6 is 0 Å². The van der Waals surface area contributed by atoms with E-state index in [1.165, 1.54) is 6.07 Å². The van der Waals surface area contributed by atoms with E-state index in [9.17, 15) is 10.1 Å². The summed E-state index contributed by atoms with van der Waals surface area (Å²) in [5, 5.41) is 17.0. The normalized spacial score (nSPS) is 18.1. The van der Waals surface area contributed by atoms with Crippen molar-refractivity contribution in [1.82, 2.24) is 5.32 Å². The highest BCUT2D eigenvalue weighted by Gasteiger charge is 2.31. The Morgan fingerprint density at radius 1 is 0.828 bits per heavy atom. The quantitative estimate of drug-likeness (QED) is 0.374. The van der Waals surface area contributed by atoms with E-state index in [0.29, 0.717) is 0 Å². The van der Waals surface area contributed by atoms with Crippen LogP contribution in [0.3, 0.4) is 0 Å². The lowest BCUT2D eigenvalue weighted by Gasteiger charge is -2.35. The van der Waals surface area contributed by atoms with Crippen molar-refractivity contribution in [2.45, 2.75) is 12.3 Å². The highest BCUT2D eigenvalue weighted by atomic mass is 16.6. The van der Waals surface area contributed by atoms with Crippen LogP contribution in [-0.2, 0) is 0 Å². The van der Waals surface area contributed by atoms with E-state index < -0.39 is 6.23 Å². The fourth-order valence-electron chi connectivity index (χ4n) is 3.95. The fraction of sp³-hybridized carbons (Fsp3) is 0.0833. The van der Waals surface area contributed by atoms with E-state index in [2.05, 4.69) is 29.6 Å². The first kappa shape index (κ1) is 17.4. The molecule has 29 heavy (non-hydrogen) atoms. The van der Waals surface area contributed by atoms with Gasteiger partial charge in [-0.05, 0) is 22.4 Å². The third kappa shape index (κ3) is 3.11. The molecule has 5 nitrogen and oxygen atoms in total. The van der Waals surface area contributed by atoms with Gasteiger partial charge in [-0.3, -0.25) is 15.4 Å². The number of fused-ring (bicyclic) bond motifs is 3. The van der Waals surface area contributed by atoms with Crippen LogP contribution in [0.1, 0.15) is 29.0 Å². The van der Waals surface area contributed by atoms with Crippen LogP contribution in [-0.4, -0.2) is 4.92 Å². The molecule has 142 valence electrons. The molecule has 1 heterocycles. The lowest BCUT2D eigenvalue weighted by Crippen LogP contribution is -2.35. The fourth-order valence-corrected chi connectivity index (χ4v) is 3.95. The van der Waals surface area contributed by atoms with E-state index in [1.54, 1.807) is 12.1 Å². The number of nitro benzene ring substituents is 1. The van der Waals surface area contributed by atoms with Crippen molar-refractivity contribution in [3.8, 4) is 5.75 Å².